The molecule has 1 aliphatic rings. The first-order chi connectivity index (χ1) is 14.1. The Kier molecular flexibility index (Phi) is 5.68. The molecule has 0 radical (unpaired) electrons. The van der Waals surface area contributed by atoms with Crippen LogP contribution in [0.25, 0.3) is 11.2 Å². The minimum absolute atomic E-state index is 0.210. The Bertz CT molecular complexity index is 1010. The minimum Gasteiger partial charge on any atom is -0.469 e. The summed E-state index contributed by atoms with van der Waals surface area (Å²) in [6, 6.07) is 7.79. The molecule has 3 heterocycles. The van der Waals surface area contributed by atoms with Crippen LogP contribution in [-0.2, 0) is 38.4 Å². The van der Waals surface area contributed by atoms with Gasteiger partial charge in [-0.2, -0.15) is 0 Å². The van der Waals surface area contributed by atoms with E-state index in [1.807, 2.05) is 28.8 Å². The van der Waals surface area contributed by atoms with E-state index >= 15 is 0 Å². The average Bonchev–Trinajstić information content (AvgIpc) is 3.37. The van der Waals surface area contributed by atoms with Crippen LogP contribution in [-0.4, -0.2) is 52.1 Å². The van der Waals surface area contributed by atoms with E-state index in [1.54, 1.807) is 6.33 Å². The maximum Gasteiger partial charge on any atom is 0.309 e. The van der Waals surface area contributed by atoms with Crippen LogP contribution in [0.3, 0.4) is 0 Å². The lowest BCUT2D eigenvalue weighted by atomic mass is 10.1. The number of aromatic nitrogens is 4. The molecule has 9 heteroatoms. The highest BCUT2D eigenvalue weighted by Crippen LogP contribution is 2.19. The number of carbonyl (C=O) groups is 1. The maximum absolute atomic E-state index is 11.5. The fourth-order valence-electron chi connectivity index (χ4n) is 3.33. The van der Waals surface area contributed by atoms with Gasteiger partial charge < -0.3 is 24.5 Å². The van der Waals surface area contributed by atoms with Crippen LogP contribution >= 0.6 is 0 Å². The van der Waals surface area contributed by atoms with Crippen molar-refractivity contribution >= 4 is 23.0 Å². The summed E-state index contributed by atoms with van der Waals surface area (Å²) >= 11 is 0. The summed E-state index contributed by atoms with van der Waals surface area (Å²) in [5.41, 5.74) is 9.28. The molecule has 0 unspecified atom stereocenters. The van der Waals surface area contributed by atoms with Gasteiger partial charge in [0.1, 0.15) is 11.3 Å². The number of benzene rings is 1. The fraction of sp³-hybridized carbons (Fsp3) is 0.400. The Labute approximate surface area is 167 Å². The number of nitrogen functional groups attached to an aromatic ring is 1. The van der Waals surface area contributed by atoms with E-state index in [1.165, 1.54) is 7.11 Å². The van der Waals surface area contributed by atoms with Gasteiger partial charge in [0.25, 0.3) is 0 Å². The van der Waals surface area contributed by atoms with Gasteiger partial charge >= 0.3 is 5.97 Å². The molecule has 0 saturated carbocycles. The predicted octanol–water partition coefficient (Wildman–Crippen LogP) is 1.48. The van der Waals surface area contributed by atoms with E-state index in [2.05, 4.69) is 15.0 Å². The van der Waals surface area contributed by atoms with Gasteiger partial charge in [-0.3, -0.25) is 4.79 Å². The number of anilines is 1. The van der Waals surface area contributed by atoms with Crippen molar-refractivity contribution in [3.8, 4) is 0 Å². The summed E-state index contributed by atoms with van der Waals surface area (Å²) in [5, 5.41) is 0. The Morgan fingerprint density at radius 3 is 2.86 bits per heavy atom. The molecule has 0 aliphatic carbocycles. The predicted molar refractivity (Wildman–Crippen MR) is 105 cm³/mol. The number of rotatable bonds is 7. The molecule has 152 valence electrons. The molecule has 2 aromatic heterocycles. The van der Waals surface area contributed by atoms with E-state index in [-0.39, 0.29) is 18.7 Å². The molecule has 0 bridgehead atoms. The number of hydrogen-bond donors (Lipinski definition) is 1. The van der Waals surface area contributed by atoms with Crippen LogP contribution in [0.15, 0.2) is 30.6 Å². The van der Waals surface area contributed by atoms with Crippen LogP contribution < -0.4 is 5.73 Å². The molecule has 4 rings (SSSR count). The van der Waals surface area contributed by atoms with Gasteiger partial charge in [-0.1, -0.05) is 24.3 Å². The molecule has 29 heavy (non-hydrogen) atoms. The van der Waals surface area contributed by atoms with E-state index < -0.39 is 0 Å². The van der Waals surface area contributed by atoms with Crippen molar-refractivity contribution in [2.45, 2.75) is 32.1 Å². The SMILES string of the molecule is COC(=O)Cc1cccc(Cn2cnc3c(N)nc(CCC4OCCO4)nc32)c1. The number of imidazole rings is 1. The quantitative estimate of drug-likeness (QED) is 0.596. The smallest absolute Gasteiger partial charge is 0.309 e. The number of methoxy groups -OCH3 is 1. The Morgan fingerprint density at radius 1 is 1.28 bits per heavy atom. The first kappa shape index (κ1) is 19.3. The normalized spacial score (nSPS) is 14.5. The zero-order chi connectivity index (χ0) is 20.2. The van der Waals surface area contributed by atoms with Gasteiger partial charge in [0, 0.05) is 12.8 Å². The second kappa shape index (κ2) is 8.54. The van der Waals surface area contributed by atoms with Gasteiger partial charge in [0.15, 0.2) is 17.8 Å². The second-order valence-corrected chi connectivity index (χ2v) is 6.85. The Balaban J connectivity index is 1.54. The number of hydrogen-bond acceptors (Lipinski definition) is 8. The van der Waals surface area contributed by atoms with Crippen LogP contribution in [0.5, 0.6) is 0 Å². The van der Waals surface area contributed by atoms with Crippen molar-refractivity contribution in [1.29, 1.82) is 0 Å². The Morgan fingerprint density at radius 2 is 2.07 bits per heavy atom. The van der Waals surface area contributed by atoms with Crippen molar-refractivity contribution in [1.82, 2.24) is 19.5 Å². The lowest BCUT2D eigenvalue weighted by molar-refractivity contribution is -0.139. The summed E-state index contributed by atoms with van der Waals surface area (Å²) in [4.78, 5) is 24.9. The Hall–Kier alpha value is -3.04. The fourth-order valence-corrected chi connectivity index (χ4v) is 3.33. The van der Waals surface area contributed by atoms with E-state index in [9.17, 15) is 4.79 Å². The monoisotopic (exact) mass is 397 g/mol. The maximum atomic E-state index is 11.5. The summed E-state index contributed by atoms with van der Waals surface area (Å²) < 4.78 is 17.6. The summed E-state index contributed by atoms with van der Waals surface area (Å²) in [5.74, 6) is 0.724. The molecule has 1 fully saturated rings. The number of ether oxygens (including phenoxy) is 3. The van der Waals surface area contributed by atoms with Crippen LogP contribution in [0, 0.1) is 0 Å². The molecule has 0 atom stereocenters. The summed E-state index contributed by atoms with van der Waals surface area (Å²) in [6.45, 7) is 1.79. The minimum atomic E-state index is -0.268. The molecule has 1 aromatic carbocycles. The molecule has 1 aliphatic heterocycles. The summed E-state index contributed by atoms with van der Waals surface area (Å²) in [6.07, 6.45) is 3.01. The lowest BCUT2D eigenvalue weighted by Gasteiger charge is -2.09. The first-order valence-corrected chi connectivity index (χ1v) is 9.47. The summed E-state index contributed by atoms with van der Waals surface area (Å²) in [7, 11) is 1.39. The van der Waals surface area contributed by atoms with Crippen molar-refractivity contribution in [3.05, 3.63) is 47.5 Å². The molecule has 9 nitrogen and oxygen atoms in total. The average molecular weight is 397 g/mol. The van der Waals surface area contributed by atoms with Crippen LogP contribution in [0.1, 0.15) is 23.4 Å². The van der Waals surface area contributed by atoms with Gasteiger partial charge in [0.2, 0.25) is 0 Å². The van der Waals surface area contributed by atoms with Crippen molar-refractivity contribution in [2.24, 2.45) is 0 Å². The number of esters is 1. The molecule has 0 amide bonds. The van der Waals surface area contributed by atoms with Gasteiger partial charge in [-0.15, -0.1) is 0 Å². The molecule has 1 saturated heterocycles. The number of aryl methyl sites for hydroxylation is 1. The van der Waals surface area contributed by atoms with E-state index in [0.29, 0.717) is 55.4 Å². The number of nitrogens with zero attached hydrogens (tertiary/aromatic N) is 4. The van der Waals surface area contributed by atoms with Crippen LogP contribution in [0.4, 0.5) is 5.82 Å². The highest BCUT2D eigenvalue weighted by molar-refractivity contribution is 5.81. The number of carbonyl (C=O) groups excluding carboxylic acids is 1. The van der Waals surface area contributed by atoms with Crippen molar-refractivity contribution in [2.75, 3.05) is 26.1 Å². The third-order valence-electron chi connectivity index (χ3n) is 4.75. The highest BCUT2D eigenvalue weighted by atomic mass is 16.7. The standard InChI is InChI=1S/C20H23N5O4/c1-27-16(26)10-13-3-2-4-14(9-13)11-25-12-22-18-19(21)23-15(24-20(18)25)5-6-17-28-7-8-29-17/h2-4,9,12,17H,5-8,10-11H2,1H3,(H2,21,23,24). The molecule has 3 aromatic rings. The first-order valence-electron chi connectivity index (χ1n) is 9.47. The van der Waals surface area contributed by atoms with Crippen molar-refractivity contribution in [3.63, 3.8) is 0 Å². The topological polar surface area (TPSA) is 114 Å². The van der Waals surface area contributed by atoms with E-state index in [4.69, 9.17) is 19.9 Å². The molecular formula is C20H23N5O4. The number of fused-ring (bicyclic) bond motifs is 1. The lowest BCUT2D eigenvalue weighted by Crippen LogP contribution is -2.11. The highest BCUT2D eigenvalue weighted by Gasteiger charge is 2.18. The third kappa shape index (κ3) is 4.52. The van der Waals surface area contributed by atoms with Gasteiger partial charge in [-0.05, 0) is 11.1 Å². The molecule has 0 spiro atoms. The van der Waals surface area contributed by atoms with Gasteiger partial charge in [0.05, 0.1) is 39.6 Å². The molecule has 2 N–H and O–H groups in total. The van der Waals surface area contributed by atoms with Crippen molar-refractivity contribution < 1.29 is 19.0 Å². The zero-order valence-corrected chi connectivity index (χ0v) is 16.2. The largest absolute Gasteiger partial charge is 0.469 e. The zero-order valence-electron chi connectivity index (χ0n) is 16.2. The van der Waals surface area contributed by atoms with E-state index in [0.717, 1.165) is 11.1 Å². The third-order valence-corrected chi connectivity index (χ3v) is 4.75. The van der Waals surface area contributed by atoms with Crippen LogP contribution in [0.2, 0.25) is 0 Å². The molecular weight excluding hydrogens is 374 g/mol. The van der Waals surface area contributed by atoms with Gasteiger partial charge in [-0.25, -0.2) is 15.0 Å². The number of nitrogens with two attached hydrogens (primary N) is 1. The second-order valence-electron chi connectivity index (χ2n) is 6.85.